The van der Waals surface area contributed by atoms with Crippen molar-refractivity contribution < 1.29 is 0 Å². The maximum absolute atomic E-state index is 2.88. The van der Waals surface area contributed by atoms with E-state index in [1.807, 2.05) is 0 Å². The van der Waals surface area contributed by atoms with Crippen molar-refractivity contribution in [1.29, 1.82) is 0 Å². The summed E-state index contributed by atoms with van der Waals surface area (Å²) in [5.41, 5.74) is 6.12. The third kappa shape index (κ3) is 0.543. The molecule has 28 heavy (non-hydrogen) atoms. The molecule has 0 amide bonds. The normalized spacial score (nSPS) is 94.5. The zero-order chi connectivity index (χ0) is 19.9. The SMILES string of the molecule is CC1C2CC3C4CC5C(C)C6(C)C5(C)C45C6(C)C4(C)C6(C)C1(C)C23C6(C)C45C. The Morgan fingerprint density at radius 1 is 0.464 bits per heavy atom. The van der Waals surface area contributed by atoms with E-state index in [1.54, 1.807) is 12.8 Å². The van der Waals surface area contributed by atoms with E-state index in [0.717, 1.165) is 40.9 Å². The summed E-state index contributed by atoms with van der Waals surface area (Å²) < 4.78 is 0. The predicted octanol–water partition coefficient (Wildman–Crippen LogP) is 6.65. The second kappa shape index (κ2) is 2.85. The molecule has 16 unspecified atom stereocenters. The molecule has 0 radical (unpaired) electrons. The van der Waals surface area contributed by atoms with Crippen molar-refractivity contribution in [3.63, 3.8) is 0 Å². The molecule has 16 atom stereocenters. The maximum Gasteiger partial charge on any atom is -0.00741 e. The van der Waals surface area contributed by atoms with E-state index in [-0.39, 0.29) is 0 Å². The summed E-state index contributed by atoms with van der Waals surface area (Å²) in [6, 6.07) is 0. The van der Waals surface area contributed by atoms with Gasteiger partial charge in [0.15, 0.2) is 0 Å². The minimum atomic E-state index is 0.539. The molecule has 0 N–H and O–H groups in total. The van der Waals surface area contributed by atoms with Gasteiger partial charge in [-0.2, -0.15) is 0 Å². The molecular weight excluding hydrogens is 336 g/mol. The molecule has 9 aliphatic rings. The van der Waals surface area contributed by atoms with Crippen LogP contribution in [-0.4, -0.2) is 0 Å². The molecule has 0 bridgehead atoms. The van der Waals surface area contributed by atoms with Gasteiger partial charge in [-0.05, 0) is 102 Å². The molecule has 0 heterocycles. The summed E-state index contributed by atoms with van der Waals surface area (Å²) >= 11 is 0. The van der Waals surface area contributed by atoms with Crippen molar-refractivity contribution in [3.05, 3.63) is 0 Å². The van der Waals surface area contributed by atoms with E-state index in [1.165, 1.54) is 0 Å². The van der Waals surface area contributed by atoms with Gasteiger partial charge in [0.2, 0.25) is 0 Å². The molecule has 152 valence electrons. The van der Waals surface area contributed by atoms with Gasteiger partial charge in [0.25, 0.3) is 0 Å². The first-order chi connectivity index (χ1) is 12.8. The highest BCUT2D eigenvalue weighted by Gasteiger charge is 3.23. The van der Waals surface area contributed by atoms with Crippen LogP contribution in [-0.2, 0) is 0 Å². The lowest BCUT2D eigenvalue weighted by molar-refractivity contribution is -0.763. The summed E-state index contributed by atoms with van der Waals surface area (Å²) in [5.74, 6) is 6.15. The largest absolute Gasteiger partial charge is 0.0617 e. The number of fused-ring (bicyclic) bond motifs is 5. The van der Waals surface area contributed by atoms with Gasteiger partial charge in [-0.1, -0.05) is 69.2 Å². The van der Waals surface area contributed by atoms with Crippen molar-refractivity contribution in [2.24, 2.45) is 89.7 Å². The van der Waals surface area contributed by atoms with E-state index in [2.05, 4.69) is 69.2 Å². The molecule has 9 rings (SSSR count). The zero-order valence-corrected chi connectivity index (χ0v) is 19.9. The van der Waals surface area contributed by atoms with Crippen molar-refractivity contribution in [1.82, 2.24) is 0 Å². The van der Waals surface area contributed by atoms with E-state index < -0.39 is 0 Å². The second-order valence-corrected chi connectivity index (χ2v) is 15.4. The van der Waals surface area contributed by atoms with Gasteiger partial charge < -0.3 is 0 Å². The molecule has 9 saturated carbocycles. The fraction of sp³-hybridized carbons (Fsp3) is 1.00. The third-order valence-corrected chi connectivity index (χ3v) is 19.2. The highest BCUT2D eigenvalue weighted by atomic mass is 15.3. The predicted molar refractivity (Wildman–Crippen MR) is 111 cm³/mol. The molecule has 2 spiro atoms. The van der Waals surface area contributed by atoms with Crippen LogP contribution in [0, 0.1) is 89.7 Å². The summed E-state index contributed by atoms with van der Waals surface area (Å²) in [5, 5.41) is 0. The Morgan fingerprint density at radius 2 is 1.04 bits per heavy atom. The van der Waals surface area contributed by atoms with Crippen molar-refractivity contribution in [2.75, 3.05) is 0 Å². The van der Waals surface area contributed by atoms with Gasteiger partial charge in [0.05, 0.1) is 0 Å². The highest BCUT2D eigenvalue weighted by molar-refractivity contribution is 5.68. The fourth-order valence-corrected chi connectivity index (χ4v) is 19.5. The van der Waals surface area contributed by atoms with Crippen LogP contribution in [0.15, 0.2) is 0 Å². The summed E-state index contributed by atoms with van der Waals surface area (Å²) in [6.07, 6.45) is 3.20. The van der Waals surface area contributed by atoms with Gasteiger partial charge in [-0.3, -0.25) is 0 Å². The van der Waals surface area contributed by atoms with Gasteiger partial charge in [-0.15, -0.1) is 0 Å². The van der Waals surface area contributed by atoms with Gasteiger partial charge in [0.1, 0.15) is 0 Å². The molecule has 0 aromatic heterocycles. The summed E-state index contributed by atoms with van der Waals surface area (Å²) in [6.45, 7) is 28.0. The second-order valence-electron chi connectivity index (χ2n) is 15.4. The third-order valence-electron chi connectivity index (χ3n) is 19.2. The van der Waals surface area contributed by atoms with E-state index in [9.17, 15) is 0 Å². The lowest BCUT2D eigenvalue weighted by Crippen LogP contribution is -3.19. The van der Waals surface area contributed by atoms with Crippen molar-refractivity contribution in [3.8, 4) is 0 Å². The van der Waals surface area contributed by atoms with Crippen LogP contribution in [0.4, 0.5) is 0 Å². The van der Waals surface area contributed by atoms with E-state index >= 15 is 0 Å². The minimum Gasteiger partial charge on any atom is -0.0617 e. The standard InChI is InChI=1S/C28H40/c1-13-15-11-18-17-12-16-14(2)20(4)22(6)24(8)23(7)19(13,3)21(15,5)28(18,23)26(24,10)25(22,9)27(16,17)20/h13-18H,11-12H2,1-10H3. The van der Waals surface area contributed by atoms with Crippen LogP contribution in [0.25, 0.3) is 0 Å². The van der Waals surface area contributed by atoms with Crippen LogP contribution in [0.5, 0.6) is 0 Å². The highest BCUT2D eigenvalue weighted by Crippen LogP contribution is 3.26. The Hall–Kier alpha value is 0. The van der Waals surface area contributed by atoms with Crippen LogP contribution in [0.2, 0.25) is 0 Å². The van der Waals surface area contributed by atoms with Gasteiger partial charge in [-0.25, -0.2) is 0 Å². The lowest BCUT2D eigenvalue weighted by atomic mass is 8.81. The molecule has 0 aliphatic heterocycles. The number of hydrogen-bond acceptors (Lipinski definition) is 0. The van der Waals surface area contributed by atoms with E-state index in [4.69, 9.17) is 0 Å². The zero-order valence-electron chi connectivity index (χ0n) is 19.9. The molecule has 0 saturated heterocycles. The Kier molecular flexibility index (Phi) is 1.60. The minimum absolute atomic E-state index is 0.539. The summed E-state index contributed by atoms with van der Waals surface area (Å²) in [7, 11) is 0. The van der Waals surface area contributed by atoms with Crippen LogP contribution >= 0.6 is 0 Å². The van der Waals surface area contributed by atoms with Crippen LogP contribution in [0.3, 0.4) is 0 Å². The van der Waals surface area contributed by atoms with Gasteiger partial charge >= 0.3 is 0 Å². The number of rotatable bonds is 0. The quantitative estimate of drug-likeness (QED) is 0.444. The Balaban J connectivity index is 1.47. The Morgan fingerprint density at radius 3 is 1.68 bits per heavy atom. The fourth-order valence-electron chi connectivity index (χ4n) is 19.5. The van der Waals surface area contributed by atoms with E-state index in [0.29, 0.717) is 48.7 Å². The molecule has 0 heteroatoms. The average molecular weight is 377 g/mol. The first-order valence-corrected chi connectivity index (χ1v) is 12.8. The molecular formula is C28H40. The Bertz CT molecular complexity index is 998. The maximum atomic E-state index is 2.88. The molecule has 0 aromatic rings. The number of hydrogen-bond donors (Lipinski definition) is 0. The first-order valence-electron chi connectivity index (χ1n) is 12.8. The molecule has 9 aliphatic carbocycles. The van der Waals surface area contributed by atoms with Gasteiger partial charge in [0, 0.05) is 0 Å². The van der Waals surface area contributed by atoms with Crippen molar-refractivity contribution >= 4 is 0 Å². The first kappa shape index (κ1) is 15.8. The summed E-state index contributed by atoms with van der Waals surface area (Å²) in [4.78, 5) is 0. The Labute approximate surface area is 172 Å². The molecule has 0 aromatic carbocycles. The molecule has 9 fully saturated rings. The average Bonchev–Trinajstić information content (AvgIpc) is 2.85. The van der Waals surface area contributed by atoms with Crippen LogP contribution in [0.1, 0.15) is 82.1 Å². The van der Waals surface area contributed by atoms with Crippen molar-refractivity contribution in [2.45, 2.75) is 82.1 Å². The molecule has 0 nitrogen and oxygen atoms in total. The topological polar surface area (TPSA) is 0 Å². The van der Waals surface area contributed by atoms with Crippen LogP contribution < -0.4 is 0 Å². The lowest BCUT2D eigenvalue weighted by Gasteiger charge is -3.22. The monoisotopic (exact) mass is 376 g/mol. The smallest absolute Gasteiger partial charge is 0.00741 e.